The predicted octanol–water partition coefficient (Wildman–Crippen LogP) is 5.73. The van der Waals surface area contributed by atoms with Crippen molar-refractivity contribution in [3.05, 3.63) is 23.5 Å². The van der Waals surface area contributed by atoms with Crippen LogP contribution in [0.1, 0.15) is 81.1 Å². The van der Waals surface area contributed by atoms with Gasteiger partial charge in [0.15, 0.2) is 0 Å². The molecule has 3 nitrogen and oxygen atoms in total. The minimum atomic E-state index is 0.134. The second-order valence-electron chi connectivity index (χ2n) is 4.88. The normalized spacial score (nSPS) is 13.6. The Morgan fingerprint density at radius 1 is 1.09 bits per heavy atom. The van der Waals surface area contributed by atoms with Crippen LogP contribution >= 0.6 is 0 Å². The highest BCUT2D eigenvalue weighted by atomic mass is 16.2. The number of amides is 1. The van der Waals surface area contributed by atoms with E-state index in [0.717, 1.165) is 25.1 Å². The zero-order valence-electron chi connectivity index (χ0n) is 15.9. The summed E-state index contributed by atoms with van der Waals surface area (Å²) in [6, 6.07) is 0.187. The van der Waals surface area contributed by atoms with Crippen LogP contribution in [-0.2, 0) is 4.79 Å². The molecule has 3 heteroatoms. The molecule has 0 saturated heterocycles. The lowest BCUT2D eigenvalue weighted by Gasteiger charge is -2.29. The first-order valence-electron chi connectivity index (χ1n) is 8.73. The molecule has 0 aromatic heterocycles. The van der Waals surface area contributed by atoms with Gasteiger partial charge in [0.25, 0.3) is 0 Å². The Balaban J connectivity index is 0. The van der Waals surface area contributed by atoms with Crippen LogP contribution in [0.3, 0.4) is 0 Å². The molecule has 1 unspecified atom stereocenters. The lowest BCUT2D eigenvalue weighted by molar-refractivity contribution is -0.130. The number of aliphatic imine (C=N–C) groups is 1. The molecule has 0 aromatic rings. The minimum absolute atomic E-state index is 0.134. The number of hydrogen-bond acceptors (Lipinski definition) is 2. The van der Waals surface area contributed by atoms with Gasteiger partial charge in [0.2, 0.25) is 5.91 Å². The third-order valence-corrected chi connectivity index (χ3v) is 3.37. The summed E-state index contributed by atoms with van der Waals surface area (Å²) in [5.41, 5.74) is 1.18. The van der Waals surface area contributed by atoms with Crippen LogP contribution < -0.4 is 0 Å². The summed E-state index contributed by atoms with van der Waals surface area (Å²) in [5.74, 6) is 0.889. The van der Waals surface area contributed by atoms with Gasteiger partial charge in [-0.3, -0.25) is 9.69 Å². The largest absolute Gasteiger partial charge is 0.294 e. The van der Waals surface area contributed by atoms with E-state index in [9.17, 15) is 4.79 Å². The topological polar surface area (TPSA) is 32.7 Å². The number of nitrogens with zero attached hydrogens (tertiary/aromatic N) is 2. The van der Waals surface area contributed by atoms with Crippen molar-refractivity contribution < 1.29 is 4.79 Å². The molecule has 0 heterocycles. The van der Waals surface area contributed by atoms with Gasteiger partial charge >= 0.3 is 0 Å². The Hall–Kier alpha value is -1.38. The van der Waals surface area contributed by atoms with Crippen molar-refractivity contribution in [3.8, 4) is 0 Å². The van der Waals surface area contributed by atoms with Crippen LogP contribution in [0, 0.1) is 0 Å². The number of hydrogen-bond donors (Lipinski definition) is 0. The SMILES string of the molecule is CC.C\C=C(/C=N\C(=C\C)N(C(=O)CC)C(C)CCC)CC. The summed E-state index contributed by atoms with van der Waals surface area (Å²) in [4.78, 5) is 18.6. The van der Waals surface area contributed by atoms with E-state index in [1.165, 1.54) is 5.57 Å². The van der Waals surface area contributed by atoms with Gasteiger partial charge in [-0.05, 0) is 45.3 Å². The molecular weight excluding hydrogens is 272 g/mol. The Morgan fingerprint density at radius 2 is 1.68 bits per heavy atom. The fourth-order valence-electron chi connectivity index (χ4n) is 2.11. The highest BCUT2D eigenvalue weighted by molar-refractivity contribution is 5.81. The molecule has 0 fully saturated rings. The number of carbonyl (C=O) groups is 1. The Bertz CT molecular complexity index is 381. The average Bonchev–Trinajstić information content (AvgIpc) is 2.56. The maximum Gasteiger partial charge on any atom is 0.228 e. The van der Waals surface area contributed by atoms with Crippen molar-refractivity contribution in [2.45, 2.75) is 87.1 Å². The van der Waals surface area contributed by atoms with Crippen LogP contribution in [0.4, 0.5) is 0 Å². The van der Waals surface area contributed by atoms with Gasteiger partial charge < -0.3 is 0 Å². The first kappa shape index (κ1) is 22.9. The van der Waals surface area contributed by atoms with Crippen molar-refractivity contribution in [3.63, 3.8) is 0 Å². The van der Waals surface area contributed by atoms with E-state index in [4.69, 9.17) is 0 Å². The summed E-state index contributed by atoms with van der Waals surface area (Å²) in [6.07, 6.45) is 9.34. The van der Waals surface area contributed by atoms with Gasteiger partial charge in [-0.25, -0.2) is 4.99 Å². The monoisotopic (exact) mass is 308 g/mol. The van der Waals surface area contributed by atoms with Crippen LogP contribution in [0.25, 0.3) is 0 Å². The molecule has 0 aliphatic carbocycles. The van der Waals surface area contributed by atoms with Crippen LogP contribution in [0.2, 0.25) is 0 Å². The first-order valence-corrected chi connectivity index (χ1v) is 8.73. The molecule has 0 bridgehead atoms. The first-order chi connectivity index (χ1) is 10.5. The van der Waals surface area contributed by atoms with Gasteiger partial charge in [-0.2, -0.15) is 0 Å². The summed E-state index contributed by atoms with van der Waals surface area (Å²) in [7, 11) is 0. The minimum Gasteiger partial charge on any atom is -0.294 e. The van der Waals surface area contributed by atoms with E-state index in [0.29, 0.717) is 6.42 Å². The number of allylic oxidation sites excluding steroid dienone is 3. The predicted molar refractivity (Wildman–Crippen MR) is 99.2 cm³/mol. The highest BCUT2D eigenvalue weighted by Gasteiger charge is 2.21. The number of rotatable bonds is 8. The van der Waals surface area contributed by atoms with E-state index in [2.05, 4.69) is 31.8 Å². The van der Waals surface area contributed by atoms with E-state index in [1.807, 2.05) is 51.8 Å². The molecule has 0 rings (SSSR count). The van der Waals surface area contributed by atoms with Crippen molar-refractivity contribution in [1.29, 1.82) is 0 Å². The third kappa shape index (κ3) is 8.16. The molecule has 0 aromatic carbocycles. The molecule has 0 saturated carbocycles. The van der Waals surface area contributed by atoms with Gasteiger partial charge in [0, 0.05) is 18.7 Å². The standard InChI is InChI=1S/C17H30N2O.C2H6/c1-7-12-14(6)19(17(20)11-5)16(10-4)18-13-15(8-2)9-3;1-2/h8,10,13-14H,7,9,11-12H2,1-6H3;1-2H3/b15-8-,16-10-,18-13-;. The summed E-state index contributed by atoms with van der Waals surface area (Å²) < 4.78 is 0. The highest BCUT2D eigenvalue weighted by Crippen LogP contribution is 2.17. The molecular formula is C19H36N2O. The fraction of sp³-hybridized carbons (Fsp3) is 0.684. The van der Waals surface area contributed by atoms with E-state index in [-0.39, 0.29) is 11.9 Å². The molecule has 0 N–H and O–H groups in total. The average molecular weight is 309 g/mol. The van der Waals surface area contributed by atoms with Crippen molar-refractivity contribution >= 4 is 12.1 Å². The number of carbonyl (C=O) groups excluding carboxylic acids is 1. The van der Waals surface area contributed by atoms with E-state index in [1.54, 1.807) is 0 Å². The molecule has 1 atom stereocenters. The van der Waals surface area contributed by atoms with Crippen molar-refractivity contribution in [2.24, 2.45) is 4.99 Å². The second kappa shape index (κ2) is 14.6. The summed E-state index contributed by atoms with van der Waals surface area (Å²) in [6.45, 7) is 16.2. The fourth-order valence-corrected chi connectivity index (χ4v) is 2.11. The summed E-state index contributed by atoms with van der Waals surface area (Å²) >= 11 is 0. The van der Waals surface area contributed by atoms with E-state index >= 15 is 0 Å². The Morgan fingerprint density at radius 3 is 2.05 bits per heavy atom. The Labute approximate surface area is 138 Å². The van der Waals surface area contributed by atoms with Crippen molar-refractivity contribution in [2.75, 3.05) is 0 Å². The smallest absolute Gasteiger partial charge is 0.228 e. The molecule has 22 heavy (non-hydrogen) atoms. The third-order valence-electron chi connectivity index (χ3n) is 3.37. The maximum atomic E-state index is 12.2. The van der Waals surface area contributed by atoms with Crippen LogP contribution in [0.15, 0.2) is 28.5 Å². The summed E-state index contributed by atoms with van der Waals surface area (Å²) in [5, 5.41) is 0. The maximum absolute atomic E-state index is 12.2. The molecule has 128 valence electrons. The van der Waals surface area contributed by atoms with Crippen molar-refractivity contribution in [1.82, 2.24) is 4.90 Å². The zero-order valence-corrected chi connectivity index (χ0v) is 15.9. The lowest BCUT2D eigenvalue weighted by atomic mass is 10.1. The molecule has 0 radical (unpaired) electrons. The molecule has 1 amide bonds. The van der Waals surface area contributed by atoms with Crippen LogP contribution in [-0.4, -0.2) is 23.1 Å². The molecule has 0 aliphatic rings. The van der Waals surface area contributed by atoms with Gasteiger partial charge in [-0.15, -0.1) is 0 Å². The lowest BCUT2D eigenvalue weighted by Crippen LogP contribution is -2.37. The van der Waals surface area contributed by atoms with Crippen LogP contribution in [0.5, 0.6) is 0 Å². The quantitative estimate of drug-likeness (QED) is 0.527. The Kier molecular flexibility index (Phi) is 15.1. The van der Waals surface area contributed by atoms with Gasteiger partial charge in [-0.1, -0.05) is 47.1 Å². The molecule has 0 spiro atoms. The van der Waals surface area contributed by atoms with Gasteiger partial charge in [0.1, 0.15) is 5.82 Å². The molecule has 0 aliphatic heterocycles. The second-order valence-corrected chi connectivity index (χ2v) is 4.88. The zero-order chi connectivity index (χ0) is 17.5. The van der Waals surface area contributed by atoms with Gasteiger partial charge in [0.05, 0.1) is 0 Å². The van der Waals surface area contributed by atoms with E-state index < -0.39 is 0 Å².